The molecule has 2 heterocycles. The van der Waals surface area contributed by atoms with E-state index in [2.05, 4.69) is 5.32 Å². The summed E-state index contributed by atoms with van der Waals surface area (Å²) in [4.78, 5) is 12.7. The zero-order valence-electron chi connectivity index (χ0n) is 15.5. The van der Waals surface area contributed by atoms with Crippen LogP contribution >= 0.6 is 0 Å². The number of nitrogens with one attached hydrogen (secondary N) is 1. The first-order valence-corrected chi connectivity index (χ1v) is 10.3. The van der Waals surface area contributed by atoms with Gasteiger partial charge >= 0.3 is 0 Å². The summed E-state index contributed by atoms with van der Waals surface area (Å²) in [7, 11) is -2.11. The molecule has 0 unspecified atom stereocenters. The molecule has 0 saturated carbocycles. The lowest BCUT2D eigenvalue weighted by molar-refractivity contribution is -0.126. The van der Waals surface area contributed by atoms with Crippen molar-refractivity contribution in [2.24, 2.45) is 5.92 Å². The largest absolute Gasteiger partial charge is 0.496 e. The number of nitrogens with zero attached hydrogens (tertiary/aromatic N) is 1. The topological polar surface area (TPSA) is 88.9 Å². The predicted molar refractivity (Wildman–Crippen MR) is 99.8 cm³/mol. The van der Waals surface area contributed by atoms with Crippen molar-refractivity contribution in [3.63, 3.8) is 0 Å². The average molecular weight is 392 g/mol. The van der Waals surface area contributed by atoms with Gasteiger partial charge in [-0.05, 0) is 55.7 Å². The predicted octanol–water partition coefficient (Wildman–Crippen LogP) is 2.31. The minimum absolute atomic E-state index is 0.155. The number of furan rings is 1. The van der Waals surface area contributed by atoms with Crippen LogP contribution in [0.15, 0.2) is 45.9 Å². The molecule has 0 aliphatic carbocycles. The van der Waals surface area contributed by atoms with Crippen molar-refractivity contribution >= 4 is 15.9 Å². The lowest BCUT2D eigenvalue weighted by atomic mass is 9.99. The molecule has 1 aliphatic rings. The number of carbonyl (C=O) groups is 1. The van der Waals surface area contributed by atoms with Crippen molar-refractivity contribution in [1.29, 1.82) is 0 Å². The number of carbonyl (C=O) groups excluding carboxylic acids is 1. The molecule has 1 fully saturated rings. The zero-order valence-corrected chi connectivity index (χ0v) is 16.3. The van der Waals surface area contributed by atoms with Gasteiger partial charge in [-0.2, -0.15) is 4.31 Å². The summed E-state index contributed by atoms with van der Waals surface area (Å²) in [5.41, 5.74) is 0.753. The van der Waals surface area contributed by atoms with Crippen LogP contribution in [0, 0.1) is 12.8 Å². The van der Waals surface area contributed by atoms with Crippen LogP contribution in [0.3, 0.4) is 0 Å². The van der Waals surface area contributed by atoms with Gasteiger partial charge in [0.2, 0.25) is 15.9 Å². The molecule has 1 N–H and O–H groups in total. The van der Waals surface area contributed by atoms with Crippen molar-refractivity contribution in [3.8, 4) is 5.75 Å². The van der Waals surface area contributed by atoms with Gasteiger partial charge in [0, 0.05) is 13.1 Å². The summed E-state index contributed by atoms with van der Waals surface area (Å²) in [6, 6.07) is 8.34. The van der Waals surface area contributed by atoms with Crippen molar-refractivity contribution < 1.29 is 22.4 Å². The number of ether oxygens (including phenoxy) is 1. The third-order valence-corrected chi connectivity index (χ3v) is 6.64. The van der Waals surface area contributed by atoms with Crippen molar-refractivity contribution in [2.75, 3.05) is 20.2 Å². The summed E-state index contributed by atoms with van der Waals surface area (Å²) in [6.07, 6.45) is 2.86. The Labute approximate surface area is 159 Å². The highest BCUT2D eigenvalue weighted by atomic mass is 32.2. The second-order valence-corrected chi connectivity index (χ2v) is 8.57. The summed E-state index contributed by atoms with van der Waals surface area (Å²) in [6.45, 7) is 2.69. The first-order valence-electron chi connectivity index (χ1n) is 8.86. The Balaban J connectivity index is 1.69. The summed E-state index contributed by atoms with van der Waals surface area (Å²) in [5.74, 6) is 0.778. The molecule has 3 rings (SSSR count). The van der Waals surface area contributed by atoms with E-state index in [1.54, 1.807) is 50.6 Å². The van der Waals surface area contributed by atoms with Crippen LogP contribution in [-0.4, -0.2) is 38.8 Å². The second kappa shape index (κ2) is 8.14. The Morgan fingerprint density at radius 2 is 2.19 bits per heavy atom. The number of rotatable bonds is 6. The molecule has 8 heteroatoms. The van der Waals surface area contributed by atoms with Gasteiger partial charge in [-0.25, -0.2) is 8.42 Å². The third kappa shape index (κ3) is 4.33. The van der Waals surface area contributed by atoms with E-state index in [1.807, 2.05) is 0 Å². The summed E-state index contributed by atoms with van der Waals surface area (Å²) < 4.78 is 37.8. The first-order chi connectivity index (χ1) is 12.9. The quantitative estimate of drug-likeness (QED) is 0.815. The van der Waals surface area contributed by atoms with Crippen LogP contribution < -0.4 is 10.1 Å². The fourth-order valence-corrected chi connectivity index (χ4v) is 4.88. The molecule has 1 amide bonds. The van der Waals surface area contributed by atoms with Crippen LogP contribution in [-0.2, 0) is 21.4 Å². The highest BCUT2D eigenvalue weighted by Gasteiger charge is 2.33. The molecular formula is C19H24N2O5S. The third-order valence-electron chi connectivity index (χ3n) is 4.78. The van der Waals surface area contributed by atoms with Crippen molar-refractivity contribution in [2.45, 2.75) is 31.2 Å². The number of hydrogen-bond donors (Lipinski definition) is 1. The maximum Gasteiger partial charge on any atom is 0.243 e. The molecule has 1 aliphatic heterocycles. The number of piperidine rings is 1. The summed E-state index contributed by atoms with van der Waals surface area (Å²) in [5, 5.41) is 2.82. The van der Waals surface area contributed by atoms with Gasteiger partial charge in [0.15, 0.2) is 0 Å². The maximum absolute atomic E-state index is 13.0. The SMILES string of the molecule is COc1ccc(S(=O)(=O)N2CCC[C@H](C(=O)NCc3ccco3)C2)cc1C. The van der Waals surface area contributed by atoms with E-state index in [4.69, 9.17) is 9.15 Å². The highest BCUT2D eigenvalue weighted by molar-refractivity contribution is 7.89. The molecule has 1 aromatic carbocycles. The second-order valence-electron chi connectivity index (χ2n) is 6.63. The molecule has 0 radical (unpaired) electrons. The molecule has 1 atom stereocenters. The molecule has 146 valence electrons. The van der Waals surface area contributed by atoms with E-state index >= 15 is 0 Å². The molecule has 27 heavy (non-hydrogen) atoms. The number of sulfonamides is 1. The highest BCUT2D eigenvalue weighted by Crippen LogP contribution is 2.27. The zero-order chi connectivity index (χ0) is 19.4. The van der Waals surface area contributed by atoms with Gasteiger partial charge in [-0.1, -0.05) is 0 Å². The van der Waals surface area contributed by atoms with Gasteiger partial charge in [-0.15, -0.1) is 0 Å². The number of amides is 1. The Morgan fingerprint density at radius 1 is 1.37 bits per heavy atom. The number of methoxy groups -OCH3 is 1. The van der Waals surface area contributed by atoms with E-state index < -0.39 is 10.0 Å². The van der Waals surface area contributed by atoms with E-state index in [9.17, 15) is 13.2 Å². The van der Waals surface area contributed by atoms with E-state index in [-0.39, 0.29) is 23.3 Å². The molecule has 2 aromatic rings. The standard InChI is InChI=1S/C19H24N2O5S/c1-14-11-17(7-8-18(14)25-2)27(23,24)21-9-3-5-15(13-21)19(22)20-12-16-6-4-10-26-16/h4,6-8,10-11,15H,3,5,9,12-13H2,1-2H3,(H,20,22)/t15-/m0/s1. The van der Waals surface area contributed by atoms with Crippen LogP contribution in [0.2, 0.25) is 0 Å². The van der Waals surface area contributed by atoms with Crippen molar-refractivity contribution in [1.82, 2.24) is 9.62 Å². The number of hydrogen-bond acceptors (Lipinski definition) is 5. The summed E-state index contributed by atoms with van der Waals surface area (Å²) >= 11 is 0. The van der Waals surface area contributed by atoms with Gasteiger partial charge in [0.1, 0.15) is 11.5 Å². The Bertz CT molecular complexity index is 893. The molecular weight excluding hydrogens is 368 g/mol. The smallest absolute Gasteiger partial charge is 0.243 e. The number of aryl methyl sites for hydroxylation is 1. The molecule has 1 saturated heterocycles. The van der Waals surface area contributed by atoms with Crippen LogP contribution in [0.5, 0.6) is 5.75 Å². The molecule has 1 aromatic heterocycles. The fraction of sp³-hybridized carbons (Fsp3) is 0.421. The average Bonchev–Trinajstić information content (AvgIpc) is 3.19. The van der Waals surface area contributed by atoms with E-state index in [0.29, 0.717) is 37.4 Å². The monoisotopic (exact) mass is 392 g/mol. The van der Waals surface area contributed by atoms with Gasteiger partial charge in [0.25, 0.3) is 0 Å². The molecule has 0 spiro atoms. The first kappa shape index (κ1) is 19.4. The molecule has 0 bridgehead atoms. The van der Waals surface area contributed by atoms with Gasteiger partial charge in [-0.3, -0.25) is 4.79 Å². The lowest BCUT2D eigenvalue weighted by Gasteiger charge is -2.31. The Morgan fingerprint density at radius 3 is 2.85 bits per heavy atom. The van der Waals surface area contributed by atoms with Crippen LogP contribution in [0.1, 0.15) is 24.2 Å². The fourth-order valence-electron chi connectivity index (χ4n) is 3.27. The Kier molecular flexibility index (Phi) is 5.86. The van der Waals surface area contributed by atoms with Gasteiger partial charge in [0.05, 0.1) is 30.7 Å². The normalized spacial score (nSPS) is 18.2. The van der Waals surface area contributed by atoms with Gasteiger partial charge < -0.3 is 14.5 Å². The maximum atomic E-state index is 13.0. The van der Waals surface area contributed by atoms with E-state index in [0.717, 1.165) is 5.56 Å². The Hall–Kier alpha value is -2.32. The number of benzene rings is 1. The minimum atomic E-state index is -3.65. The van der Waals surface area contributed by atoms with Crippen molar-refractivity contribution in [3.05, 3.63) is 47.9 Å². The lowest BCUT2D eigenvalue weighted by Crippen LogP contribution is -2.45. The van der Waals surface area contributed by atoms with Crippen LogP contribution in [0.4, 0.5) is 0 Å². The minimum Gasteiger partial charge on any atom is -0.496 e. The van der Waals surface area contributed by atoms with Crippen LogP contribution in [0.25, 0.3) is 0 Å². The molecule has 7 nitrogen and oxygen atoms in total. The van der Waals surface area contributed by atoms with E-state index in [1.165, 1.54) is 4.31 Å².